The molecule has 0 spiro atoms. The van der Waals surface area contributed by atoms with Crippen molar-refractivity contribution in [3.63, 3.8) is 0 Å². The van der Waals surface area contributed by atoms with Crippen molar-refractivity contribution in [2.24, 2.45) is 0 Å². The summed E-state index contributed by atoms with van der Waals surface area (Å²) in [5.41, 5.74) is 0.477. The van der Waals surface area contributed by atoms with E-state index in [1.807, 2.05) is 0 Å². The molecule has 1 fully saturated rings. The van der Waals surface area contributed by atoms with Crippen LogP contribution >= 0.6 is 0 Å². The molecule has 2 N–H and O–H groups in total. The molecular formula is C15H19NO5. The molecule has 114 valence electrons. The first-order chi connectivity index (χ1) is 10.1. The largest absolute Gasteiger partial charge is 0.491 e. The minimum absolute atomic E-state index is 0.0890. The van der Waals surface area contributed by atoms with Gasteiger partial charge in [0.1, 0.15) is 12.4 Å². The molecule has 0 bridgehead atoms. The average molecular weight is 293 g/mol. The summed E-state index contributed by atoms with van der Waals surface area (Å²) in [5, 5.41) is 11.1. The molecule has 0 saturated carbocycles. The van der Waals surface area contributed by atoms with Gasteiger partial charge in [-0.2, -0.15) is 0 Å². The highest BCUT2D eigenvalue weighted by molar-refractivity contribution is 5.94. The van der Waals surface area contributed by atoms with E-state index < -0.39 is 5.97 Å². The van der Waals surface area contributed by atoms with Crippen LogP contribution in [0.2, 0.25) is 0 Å². The first kappa shape index (κ1) is 15.3. The number of carboxylic acids is 1. The predicted octanol–water partition coefficient (Wildman–Crippen LogP) is 1.45. The van der Waals surface area contributed by atoms with Gasteiger partial charge in [0.2, 0.25) is 0 Å². The van der Waals surface area contributed by atoms with Crippen LogP contribution in [0.1, 0.15) is 29.6 Å². The Bertz CT molecular complexity index is 479. The first-order valence-electron chi connectivity index (χ1n) is 6.99. The van der Waals surface area contributed by atoms with Crippen molar-refractivity contribution < 1.29 is 24.2 Å². The Morgan fingerprint density at radius 1 is 1.33 bits per heavy atom. The second kappa shape index (κ2) is 7.64. The third kappa shape index (κ3) is 5.07. The molecule has 0 aromatic heterocycles. The number of rotatable bonds is 7. The fourth-order valence-electron chi connectivity index (χ4n) is 2.05. The maximum Gasteiger partial charge on any atom is 0.305 e. The molecule has 1 aliphatic heterocycles. The third-order valence-corrected chi connectivity index (χ3v) is 3.20. The molecule has 6 nitrogen and oxygen atoms in total. The van der Waals surface area contributed by atoms with Crippen LogP contribution in [0.4, 0.5) is 0 Å². The Hall–Kier alpha value is -2.08. The molecule has 1 atom stereocenters. The van der Waals surface area contributed by atoms with E-state index in [0.717, 1.165) is 19.4 Å². The second-order valence-electron chi connectivity index (χ2n) is 4.87. The molecule has 1 aromatic carbocycles. The number of hydrogen-bond acceptors (Lipinski definition) is 4. The monoisotopic (exact) mass is 293 g/mol. The third-order valence-electron chi connectivity index (χ3n) is 3.20. The summed E-state index contributed by atoms with van der Waals surface area (Å²) in [6, 6.07) is 6.75. The fraction of sp³-hybridized carbons (Fsp3) is 0.467. The number of ether oxygens (including phenoxy) is 2. The highest BCUT2D eigenvalue weighted by atomic mass is 16.5. The lowest BCUT2D eigenvalue weighted by atomic mass is 10.2. The summed E-state index contributed by atoms with van der Waals surface area (Å²) in [7, 11) is 0. The van der Waals surface area contributed by atoms with Crippen molar-refractivity contribution in [2.45, 2.75) is 25.4 Å². The van der Waals surface area contributed by atoms with Crippen LogP contribution in [0, 0.1) is 0 Å². The normalized spacial score (nSPS) is 17.4. The van der Waals surface area contributed by atoms with Crippen molar-refractivity contribution in [1.29, 1.82) is 0 Å². The SMILES string of the molecule is O=C(O)CCNC(=O)c1ccc(OC[C@H]2CCCO2)cc1. The van der Waals surface area contributed by atoms with Gasteiger partial charge in [0.05, 0.1) is 12.5 Å². The molecule has 0 aliphatic carbocycles. The van der Waals surface area contributed by atoms with Gasteiger partial charge in [0.15, 0.2) is 0 Å². The maximum absolute atomic E-state index is 11.7. The van der Waals surface area contributed by atoms with Crippen LogP contribution in [0.15, 0.2) is 24.3 Å². The van der Waals surface area contributed by atoms with Crippen LogP contribution in [-0.2, 0) is 9.53 Å². The lowest BCUT2D eigenvalue weighted by Gasteiger charge is -2.11. The zero-order chi connectivity index (χ0) is 15.1. The molecular weight excluding hydrogens is 274 g/mol. The highest BCUT2D eigenvalue weighted by Gasteiger charge is 2.16. The Morgan fingerprint density at radius 3 is 2.71 bits per heavy atom. The van der Waals surface area contributed by atoms with Gasteiger partial charge in [-0.3, -0.25) is 9.59 Å². The van der Waals surface area contributed by atoms with Crippen LogP contribution < -0.4 is 10.1 Å². The Kier molecular flexibility index (Phi) is 5.57. The molecule has 1 amide bonds. The molecule has 0 radical (unpaired) electrons. The summed E-state index contributed by atoms with van der Waals surface area (Å²) in [6.07, 6.45) is 2.16. The van der Waals surface area contributed by atoms with E-state index in [0.29, 0.717) is 17.9 Å². The predicted molar refractivity (Wildman–Crippen MR) is 75.5 cm³/mol. The molecule has 6 heteroatoms. The molecule has 1 saturated heterocycles. The summed E-state index contributed by atoms with van der Waals surface area (Å²) in [6.45, 7) is 1.43. The number of carbonyl (C=O) groups excluding carboxylic acids is 1. The lowest BCUT2D eigenvalue weighted by Crippen LogP contribution is -2.25. The van der Waals surface area contributed by atoms with Crippen molar-refractivity contribution in [3.8, 4) is 5.75 Å². The molecule has 1 heterocycles. The molecule has 1 aliphatic rings. The van der Waals surface area contributed by atoms with Crippen LogP contribution in [0.3, 0.4) is 0 Å². The molecule has 2 rings (SSSR count). The van der Waals surface area contributed by atoms with Gasteiger partial charge < -0.3 is 19.9 Å². The second-order valence-corrected chi connectivity index (χ2v) is 4.87. The number of benzene rings is 1. The Balaban J connectivity index is 1.77. The summed E-state index contributed by atoms with van der Waals surface area (Å²) < 4.78 is 11.1. The number of hydrogen-bond donors (Lipinski definition) is 2. The van der Waals surface area contributed by atoms with Crippen LogP contribution in [0.25, 0.3) is 0 Å². The minimum atomic E-state index is -0.937. The van der Waals surface area contributed by atoms with Crippen LogP contribution in [-0.4, -0.2) is 42.8 Å². The molecule has 0 unspecified atom stereocenters. The van der Waals surface area contributed by atoms with Gasteiger partial charge in [-0.15, -0.1) is 0 Å². The topological polar surface area (TPSA) is 84.9 Å². The number of carbonyl (C=O) groups is 2. The van der Waals surface area contributed by atoms with E-state index >= 15 is 0 Å². The van der Waals surface area contributed by atoms with Gasteiger partial charge in [-0.25, -0.2) is 0 Å². The van der Waals surface area contributed by atoms with Gasteiger partial charge >= 0.3 is 5.97 Å². The number of carboxylic acid groups (broad SMARTS) is 1. The number of amides is 1. The maximum atomic E-state index is 11.7. The van der Waals surface area contributed by atoms with Gasteiger partial charge in [0, 0.05) is 18.7 Å². The quantitative estimate of drug-likeness (QED) is 0.795. The van der Waals surface area contributed by atoms with Gasteiger partial charge in [-0.05, 0) is 37.1 Å². The molecule has 21 heavy (non-hydrogen) atoms. The molecule has 1 aromatic rings. The van der Waals surface area contributed by atoms with Crippen molar-refractivity contribution >= 4 is 11.9 Å². The van der Waals surface area contributed by atoms with Crippen LogP contribution in [0.5, 0.6) is 5.75 Å². The first-order valence-corrected chi connectivity index (χ1v) is 6.99. The fourth-order valence-corrected chi connectivity index (χ4v) is 2.05. The zero-order valence-electron chi connectivity index (χ0n) is 11.7. The van der Waals surface area contributed by atoms with Gasteiger partial charge in [0.25, 0.3) is 5.91 Å². The smallest absolute Gasteiger partial charge is 0.305 e. The van der Waals surface area contributed by atoms with E-state index in [9.17, 15) is 9.59 Å². The van der Waals surface area contributed by atoms with Crippen molar-refractivity contribution in [1.82, 2.24) is 5.32 Å². The minimum Gasteiger partial charge on any atom is -0.491 e. The van der Waals surface area contributed by atoms with E-state index in [4.69, 9.17) is 14.6 Å². The zero-order valence-corrected chi connectivity index (χ0v) is 11.7. The Labute approximate surface area is 123 Å². The van der Waals surface area contributed by atoms with Gasteiger partial charge in [-0.1, -0.05) is 0 Å². The summed E-state index contributed by atoms with van der Waals surface area (Å²) in [5.74, 6) is -0.539. The van der Waals surface area contributed by atoms with Crippen molar-refractivity contribution in [3.05, 3.63) is 29.8 Å². The van der Waals surface area contributed by atoms with E-state index in [1.54, 1.807) is 24.3 Å². The summed E-state index contributed by atoms with van der Waals surface area (Å²) in [4.78, 5) is 22.1. The lowest BCUT2D eigenvalue weighted by molar-refractivity contribution is -0.136. The van der Waals surface area contributed by atoms with E-state index in [2.05, 4.69) is 5.32 Å². The number of aliphatic carboxylic acids is 1. The van der Waals surface area contributed by atoms with E-state index in [-0.39, 0.29) is 25.0 Å². The number of nitrogens with one attached hydrogen (secondary N) is 1. The average Bonchev–Trinajstić information content (AvgIpc) is 2.98. The van der Waals surface area contributed by atoms with Crippen molar-refractivity contribution in [2.75, 3.05) is 19.8 Å². The van der Waals surface area contributed by atoms with E-state index in [1.165, 1.54) is 0 Å². The standard InChI is InChI=1S/C15H19NO5/c17-14(18)7-8-16-15(19)11-3-5-12(6-4-11)21-10-13-2-1-9-20-13/h3-6,13H,1-2,7-10H2,(H,16,19)(H,17,18)/t13-/m1/s1. The summed E-state index contributed by atoms with van der Waals surface area (Å²) >= 11 is 0. The Morgan fingerprint density at radius 2 is 2.10 bits per heavy atom. The highest BCUT2D eigenvalue weighted by Crippen LogP contribution is 2.16.